The standard InChI is InChI=1S/C20H20FN3O5S/c1-10(15(25)9-30(28)29)16-17(19(22)26)20(27)24-14-7-12(8-23-18(14)16)6-11-2-4-13(21)5-3-11/h2-5,7-8,10,15,25H,6,9H2,1H3,(H2,22,26)(H,24,27)(H,28,29)/p-1. The van der Waals surface area contributed by atoms with Gasteiger partial charge in [0.25, 0.3) is 11.5 Å². The summed E-state index contributed by atoms with van der Waals surface area (Å²) < 4.78 is 35.0. The second kappa shape index (κ2) is 8.82. The number of nitrogens with one attached hydrogen (secondary N) is 1. The zero-order chi connectivity index (χ0) is 22.0. The monoisotopic (exact) mass is 432 g/mol. The fraction of sp³-hybridized carbons (Fsp3) is 0.250. The molecule has 0 radical (unpaired) electrons. The summed E-state index contributed by atoms with van der Waals surface area (Å²) in [5.41, 5.74) is 6.42. The first-order valence-corrected chi connectivity index (χ1v) is 10.2. The van der Waals surface area contributed by atoms with Crippen LogP contribution in [0.2, 0.25) is 0 Å². The van der Waals surface area contributed by atoms with Gasteiger partial charge in [0.1, 0.15) is 11.4 Å². The topological polar surface area (TPSA) is 149 Å². The molecule has 1 amide bonds. The van der Waals surface area contributed by atoms with Gasteiger partial charge in [0.05, 0.1) is 17.1 Å². The van der Waals surface area contributed by atoms with Crippen molar-refractivity contribution in [3.8, 4) is 0 Å². The first kappa shape index (κ1) is 21.8. The largest absolute Gasteiger partial charge is 0.772 e. The minimum absolute atomic E-state index is 0.0903. The van der Waals surface area contributed by atoms with E-state index >= 15 is 0 Å². The van der Waals surface area contributed by atoms with E-state index < -0.39 is 40.3 Å². The number of benzene rings is 1. The number of hydrogen-bond donors (Lipinski definition) is 3. The molecule has 2 heterocycles. The lowest BCUT2D eigenvalue weighted by Gasteiger charge is -2.22. The van der Waals surface area contributed by atoms with E-state index in [1.165, 1.54) is 25.3 Å². The highest BCUT2D eigenvalue weighted by atomic mass is 32.2. The Hall–Kier alpha value is -2.95. The number of aliphatic hydroxyl groups is 1. The van der Waals surface area contributed by atoms with Crippen molar-refractivity contribution in [3.05, 3.63) is 75.0 Å². The maximum absolute atomic E-state index is 13.1. The summed E-state index contributed by atoms with van der Waals surface area (Å²) in [4.78, 5) is 31.3. The fourth-order valence-electron chi connectivity index (χ4n) is 3.34. The number of aliphatic hydroxyl groups excluding tert-OH is 1. The van der Waals surface area contributed by atoms with Gasteiger partial charge in [-0.1, -0.05) is 30.1 Å². The molecule has 0 spiro atoms. The molecule has 3 atom stereocenters. The van der Waals surface area contributed by atoms with Gasteiger partial charge < -0.3 is 20.4 Å². The average molecular weight is 432 g/mol. The number of H-pyrrole nitrogens is 1. The lowest BCUT2D eigenvalue weighted by Crippen LogP contribution is -2.31. The van der Waals surface area contributed by atoms with E-state index in [9.17, 15) is 27.8 Å². The summed E-state index contributed by atoms with van der Waals surface area (Å²) in [6.45, 7) is 1.49. The van der Waals surface area contributed by atoms with E-state index in [2.05, 4.69) is 9.97 Å². The van der Waals surface area contributed by atoms with E-state index in [1.807, 2.05) is 0 Å². The van der Waals surface area contributed by atoms with Crippen molar-refractivity contribution in [2.75, 3.05) is 5.75 Å². The molecule has 30 heavy (non-hydrogen) atoms. The molecule has 0 bridgehead atoms. The number of aromatic nitrogens is 2. The first-order chi connectivity index (χ1) is 14.2. The predicted octanol–water partition coefficient (Wildman–Crippen LogP) is 1.10. The van der Waals surface area contributed by atoms with Gasteiger partial charge >= 0.3 is 0 Å². The molecule has 3 aromatic rings. The van der Waals surface area contributed by atoms with Crippen LogP contribution in [-0.4, -0.2) is 41.6 Å². The van der Waals surface area contributed by atoms with Crippen molar-refractivity contribution in [1.82, 2.24) is 9.97 Å². The number of amides is 1. The Morgan fingerprint density at radius 2 is 2.00 bits per heavy atom. The number of carbonyl (C=O) groups is 1. The van der Waals surface area contributed by atoms with Crippen LogP contribution in [0.25, 0.3) is 11.0 Å². The van der Waals surface area contributed by atoms with Crippen LogP contribution in [0.5, 0.6) is 0 Å². The van der Waals surface area contributed by atoms with Gasteiger partial charge in [0, 0.05) is 23.4 Å². The number of carbonyl (C=O) groups excluding carboxylic acids is 1. The van der Waals surface area contributed by atoms with Crippen LogP contribution in [0.3, 0.4) is 0 Å². The summed E-state index contributed by atoms with van der Waals surface area (Å²) in [6, 6.07) is 7.60. The highest BCUT2D eigenvalue weighted by Gasteiger charge is 2.27. The highest BCUT2D eigenvalue weighted by molar-refractivity contribution is 7.79. The lowest BCUT2D eigenvalue weighted by molar-refractivity contribution is 0.0996. The number of nitrogens with zero attached hydrogens (tertiary/aromatic N) is 1. The number of nitrogens with two attached hydrogens (primary N) is 1. The predicted molar refractivity (Wildman–Crippen MR) is 108 cm³/mol. The van der Waals surface area contributed by atoms with Crippen molar-refractivity contribution in [3.63, 3.8) is 0 Å². The van der Waals surface area contributed by atoms with Crippen molar-refractivity contribution in [2.24, 2.45) is 5.73 Å². The van der Waals surface area contributed by atoms with Crippen LogP contribution in [0.1, 0.15) is 39.9 Å². The molecule has 2 aromatic heterocycles. The van der Waals surface area contributed by atoms with Crippen LogP contribution in [0.4, 0.5) is 4.39 Å². The summed E-state index contributed by atoms with van der Waals surface area (Å²) in [6.07, 6.45) is 0.585. The third-order valence-corrected chi connectivity index (χ3v) is 5.46. The number of primary amides is 1. The van der Waals surface area contributed by atoms with Crippen molar-refractivity contribution in [1.29, 1.82) is 0 Å². The van der Waals surface area contributed by atoms with Crippen LogP contribution >= 0.6 is 0 Å². The van der Waals surface area contributed by atoms with E-state index in [1.54, 1.807) is 18.2 Å². The van der Waals surface area contributed by atoms with Gasteiger partial charge in [-0.3, -0.25) is 18.8 Å². The minimum Gasteiger partial charge on any atom is -0.772 e. The Morgan fingerprint density at radius 3 is 2.60 bits per heavy atom. The Labute approximate surface area is 173 Å². The molecule has 1 aromatic carbocycles. The van der Waals surface area contributed by atoms with E-state index in [0.717, 1.165) is 11.1 Å². The number of pyridine rings is 2. The highest BCUT2D eigenvalue weighted by Crippen LogP contribution is 2.28. The molecule has 0 saturated carbocycles. The Kier molecular flexibility index (Phi) is 6.40. The van der Waals surface area contributed by atoms with Gasteiger partial charge in [-0.2, -0.15) is 0 Å². The smallest absolute Gasteiger partial charge is 0.261 e. The molecule has 158 valence electrons. The third kappa shape index (κ3) is 4.61. The molecule has 8 nitrogen and oxygen atoms in total. The van der Waals surface area contributed by atoms with Gasteiger partial charge in [-0.05, 0) is 35.7 Å². The summed E-state index contributed by atoms with van der Waals surface area (Å²) in [7, 11) is 0. The molecule has 0 saturated heterocycles. The van der Waals surface area contributed by atoms with Gasteiger partial charge in [-0.25, -0.2) is 4.39 Å². The number of aromatic amines is 1. The molecule has 0 aliphatic heterocycles. The number of fused-ring (bicyclic) bond motifs is 1. The molecular formula is C20H19FN3O5S-. The Balaban J connectivity index is 2.11. The lowest BCUT2D eigenvalue weighted by atomic mass is 9.90. The SMILES string of the molecule is CC(c1c(C(N)=O)c(=O)[nH]c2cc(Cc3ccc(F)cc3)cnc12)C(O)CS(=O)[O-]. The van der Waals surface area contributed by atoms with Crippen LogP contribution < -0.4 is 11.3 Å². The molecule has 4 N–H and O–H groups in total. The van der Waals surface area contributed by atoms with Crippen molar-refractivity contribution in [2.45, 2.75) is 25.4 Å². The molecule has 3 unspecified atom stereocenters. The van der Waals surface area contributed by atoms with Crippen molar-refractivity contribution < 1.29 is 23.1 Å². The normalized spacial score (nSPS) is 14.4. The average Bonchev–Trinajstić information content (AvgIpc) is 2.67. The maximum atomic E-state index is 13.1. The molecule has 3 rings (SSSR count). The molecule has 10 heteroatoms. The number of rotatable bonds is 7. The van der Waals surface area contributed by atoms with E-state index in [-0.39, 0.29) is 22.5 Å². The van der Waals surface area contributed by atoms with Crippen LogP contribution in [-0.2, 0) is 17.5 Å². The van der Waals surface area contributed by atoms with E-state index in [4.69, 9.17) is 5.73 Å². The Morgan fingerprint density at radius 1 is 1.33 bits per heavy atom. The van der Waals surface area contributed by atoms with E-state index in [0.29, 0.717) is 11.9 Å². The summed E-state index contributed by atoms with van der Waals surface area (Å²) >= 11 is -2.52. The zero-order valence-corrected chi connectivity index (χ0v) is 16.7. The molecular weight excluding hydrogens is 413 g/mol. The Bertz CT molecular complexity index is 1180. The zero-order valence-electron chi connectivity index (χ0n) is 15.9. The summed E-state index contributed by atoms with van der Waals surface area (Å²) in [5.74, 6) is -2.83. The van der Waals surface area contributed by atoms with Crippen LogP contribution in [0, 0.1) is 5.82 Å². The van der Waals surface area contributed by atoms with Gasteiger partial charge in [0.15, 0.2) is 0 Å². The minimum atomic E-state index is -2.52. The second-order valence-electron chi connectivity index (χ2n) is 6.98. The van der Waals surface area contributed by atoms with Crippen LogP contribution in [0.15, 0.2) is 41.3 Å². The number of halogens is 1. The molecule has 0 aliphatic rings. The second-order valence-corrected chi connectivity index (χ2v) is 7.92. The quantitative estimate of drug-likeness (QED) is 0.476. The van der Waals surface area contributed by atoms with Crippen molar-refractivity contribution >= 4 is 28.0 Å². The van der Waals surface area contributed by atoms with Gasteiger partial charge in [-0.15, -0.1) is 0 Å². The third-order valence-electron chi connectivity index (χ3n) is 4.85. The maximum Gasteiger partial charge on any atom is 0.261 e. The molecule has 0 aliphatic carbocycles. The summed E-state index contributed by atoms with van der Waals surface area (Å²) in [5, 5.41) is 10.3. The fourth-order valence-corrected chi connectivity index (χ4v) is 3.91. The molecule has 0 fully saturated rings. The number of hydrogen-bond acceptors (Lipinski definition) is 6. The first-order valence-electron chi connectivity index (χ1n) is 9.00. The van der Waals surface area contributed by atoms with Gasteiger partial charge in [0.2, 0.25) is 0 Å².